The predicted octanol–water partition coefficient (Wildman–Crippen LogP) is 6.81. The van der Waals surface area contributed by atoms with Crippen molar-refractivity contribution < 1.29 is 13.5 Å². The van der Waals surface area contributed by atoms with Gasteiger partial charge >= 0.3 is 0 Å². The monoisotopic (exact) mass is 459 g/mol. The second-order valence-corrected chi connectivity index (χ2v) is 9.20. The second kappa shape index (κ2) is 9.41. The number of hydrogen-bond acceptors (Lipinski definition) is 2. The minimum atomic E-state index is -0.467. The first-order valence-electron chi connectivity index (χ1n) is 11.8. The summed E-state index contributed by atoms with van der Waals surface area (Å²) < 4.78 is 34.8. The van der Waals surface area contributed by atoms with Gasteiger partial charge in [0.05, 0.1) is 6.10 Å². The molecule has 0 amide bonds. The Kier molecular flexibility index (Phi) is 6.18. The highest BCUT2D eigenvalue weighted by Gasteiger charge is 2.28. The summed E-state index contributed by atoms with van der Waals surface area (Å²) in [5.41, 5.74) is 3.18. The van der Waals surface area contributed by atoms with E-state index in [1.807, 2.05) is 37.3 Å². The summed E-state index contributed by atoms with van der Waals surface area (Å²) in [7, 11) is 0. The third-order valence-electron chi connectivity index (χ3n) is 6.90. The van der Waals surface area contributed by atoms with Gasteiger partial charge in [0.25, 0.3) is 5.56 Å². The molecule has 1 fully saturated rings. The van der Waals surface area contributed by atoms with E-state index in [2.05, 4.69) is 17.1 Å². The van der Waals surface area contributed by atoms with Crippen LogP contribution in [0.4, 0.5) is 8.78 Å². The molecule has 3 aromatic carbocycles. The Morgan fingerprint density at radius 1 is 0.912 bits per heavy atom. The first-order valence-corrected chi connectivity index (χ1v) is 11.8. The number of aromatic amines is 1. The quantitative estimate of drug-likeness (QED) is 0.356. The maximum absolute atomic E-state index is 14.2. The van der Waals surface area contributed by atoms with Gasteiger partial charge in [-0.2, -0.15) is 0 Å². The van der Waals surface area contributed by atoms with E-state index in [4.69, 9.17) is 4.74 Å². The molecule has 0 radical (unpaired) electrons. The number of ether oxygens (including phenoxy) is 1. The molecule has 1 aliphatic carbocycles. The smallest absolute Gasteiger partial charge is 0.255 e. The van der Waals surface area contributed by atoms with Crippen molar-refractivity contribution in [3.05, 3.63) is 111 Å². The molecule has 0 spiro atoms. The van der Waals surface area contributed by atoms with E-state index in [0.29, 0.717) is 24.6 Å². The van der Waals surface area contributed by atoms with Crippen LogP contribution in [0.15, 0.2) is 71.7 Å². The molecule has 1 heterocycles. The topological polar surface area (TPSA) is 42.1 Å². The van der Waals surface area contributed by atoms with Crippen molar-refractivity contribution in [2.24, 2.45) is 0 Å². The molecule has 0 bridgehead atoms. The molecule has 34 heavy (non-hydrogen) atoms. The number of hydrogen-bond donors (Lipinski definition) is 1. The van der Waals surface area contributed by atoms with E-state index < -0.39 is 11.6 Å². The molecule has 3 nitrogen and oxygen atoms in total. The molecule has 4 aromatic rings. The fourth-order valence-electron chi connectivity index (χ4n) is 5.09. The van der Waals surface area contributed by atoms with Gasteiger partial charge in [-0.25, -0.2) is 8.78 Å². The van der Waals surface area contributed by atoms with Gasteiger partial charge in [0.2, 0.25) is 0 Å². The van der Waals surface area contributed by atoms with E-state index in [0.717, 1.165) is 40.7 Å². The van der Waals surface area contributed by atoms with Gasteiger partial charge in [0.15, 0.2) is 0 Å². The van der Waals surface area contributed by atoms with Crippen LogP contribution < -0.4 is 10.3 Å². The third kappa shape index (κ3) is 4.47. The predicted molar refractivity (Wildman–Crippen MR) is 131 cm³/mol. The fraction of sp³-hybridized carbons (Fsp3) is 0.276. The standard InChI is InChI=1S/C29H27F2NO2/c1-18-14-24-23(21(17-32-29(24)33)15-19-6-3-2-4-7-19)16-27(18)34-22-12-10-20(11-13-22)28-25(30)8-5-9-26(28)31/h2-9,14,16-17,20,22H,10-13,15H2,1H3,(H,32,33). The molecule has 174 valence electrons. The fourth-order valence-corrected chi connectivity index (χ4v) is 5.09. The number of H-pyrrole nitrogens is 1. The Balaban J connectivity index is 1.37. The van der Waals surface area contributed by atoms with Crippen LogP contribution in [-0.2, 0) is 6.42 Å². The molecule has 0 unspecified atom stereocenters. The van der Waals surface area contributed by atoms with E-state index in [1.54, 1.807) is 6.20 Å². The maximum Gasteiger partial charge on any atom is 0.255 e. The molecule has 1 aliphatic rings. The number of aromatic nitrogens is 1. The zero-order valence-electron chi connectivity index (χ0n) is 19.1. The van der Waals surface area contributed by atoms with Crippen LogP contribution in [0.2, 0.25) is 0 Å². The van der Waals surface area contributed by atoms with Crippen molar-refractivity contribution >= 4 is 10.8 Å². The molecule has 1 N–H and O–H groups in total. The minimum Gasteiger partial charge on any atom is -0.490 e. The second-order valence-electron chi connectivity index (χ2n) is 9.20. The van der Waals surface area contributed by atoms with Crippen LogP contribution in [0.5, 0.6) is 5.75 Å². The van der Waals surface area contributed by atoms with Gasteiger partial charge < -0.3 is 9.72 Å². The molecule has 0 atom stereocenters. The average Bonchev–Trinajstić information content (AvgIpc) is 2.83. The third-order valence-corrected chi connectivity index (χ3v) is 6.90. The summed E-state index contributed by atoms with van der Waals surface area (Å²) >= 11 is 0. The molecule has 0 saturated heterocycles. The lowest BCUT2D eigenvalue weighted by molar-refractivity contribution is 0.144. The molecular weight excluding hydrogens is 432 g/mol. The van der Waals surface area contributed by atoms with E-state index in [9.17, 15) is 13.6 Å². The van der Waals surface area contributed by atoms with E-state index in [1.165, 1.54) is 18.2 Å². The average molecular weight is 460 g/mol. The lowest BCUT2D eigenvalue weighted by atomic mass is 9.82. The zero-order valence-corrected chi connectivity index (χ0v) is 19.1. The largest absolute Gasteiger partial charge is 0.490 e. The van der Waals surface area contributed by atoms with Crippen molar-refractivity contribution in [3.8, 4) is 5.75 Å². The number of halogens is 2. The lowest BCUT2D eigenvalue weighted by Gasteiger charge is -2.30. The summed E-state index contributed by atoms with van der Waals surface area (Å²) in [6.07, 6.45) is 5.26. The van der Waals surface area contributed by atoms with Crippen molar-refractivity contribution in [1.29, 1.82) is 0 Å². The maximum atomic E-state index is 14.2. The molecule has 1 saturated carbocycles. The van der Waals surface area contributed by atoms with Crippen LogP contribution in [-0.4, -0.2) is 11.1 Å². The molecular formula is C29H27F2NO2. The van der Waals surface area contributed by atoms with Crippen molar-refractivity contribution in [1.82, 2.24) is 4.98 Å². The summed E-state index contributed by atoms with van der Waals surface area (Å²) in [6.45, 7) is 1.94. The number of nitrogens with one attached hydrogen (secondary N) is 1. The zero-order chi connectivity index (χ0) is 23.7. The Bertz CT molecular complexity index is 1350. The van der Waals surface area contributed by atoms with Gasteiger partial charge in [0, 0.05) is 17.1 Å². The van der Waals surface area contributed by atoms with E-state index in [-0.39, 0.29) is 23.1 Å². The SMILES string of the molecule is Cc1cc2c(=O)[nH]cc(Cc3ccccc3)c2cc1OC1CCC(c2c(F)cccc2F)CC1. The lowest BCUT2D eigenvalue weighted by Crippen LogP contribution is -2.24. The first-order chi connectivity index (χ1) is 16.5. The highest BCUT2D eigenvalue weighted by atomic mass is 19.1. The number of fused-ring (bicyclic) bond motifs is 1. The molecule has 1 aromatic heterocycles. The number of aryl methyl sites for hydroxylation is 1. The number of pyridine rings is 1. The Morgan fingerprint density at radius 3 is 2.32 bits per heavy atom. The summed E-state index contributed by atoms with van der Waals surface area (Å²) in [5, 5.41) is 1.53. The van der Waals surface area contributed by atoms with Gasteiger partial charge in [-0.3, -0.25) is 4.79 Å². The van der Waals surface area contributed by atoms with Crippen LogP contribution >= 0.6 is 0 Å². The van der Waals surface area contributed by atoms with Crippen LogP contribution in [0, 0.1) is 18.6 Å². The molecule has 5 rings (SSSR count). The van der Waals surface area contributed by atoms with Gasteiger partial charge in [-0.05, 0) is 91.3 Å². The summed E-state index contributed by atoms with van der Waals surface area (Å²) in [6, 6.07) is 18.1. The summed E-state index contributed by atoms with van der Waals surface area (Å²) in [4.78, 5) is 15.4. The van der Waals surface area contributed by atoms with Crippen molar-refractivity contribution in [3.63, 3.8) is 0 Å². The van der Waals surface area contributed by atoms with Gasteiger partial charge in [-0.15, -0.1) is 0 Å². The number of benzene rings is 3. The highest BCUT2D eigenvalue weighted by molar-refractivity contribution is 5.87. The van der Waals surface area contributed by atoms with E-state index >= 15 is 0 Å². The normalized spacial score (nSPS) is 18.2. The van der Waals surface area contributed by atoms with Crippen molar-refractivity contribution in [2.45, 2.75) is 51.0 Å². The molecule has 0 aliphatic heterocycles. The van der Waals surface area contributed by atoms with Crippen molar-refractivity contribution in [2.75, 3.05) is 0 Å². The Morgan fingerprint density at radius 2 is 1.62 bits per heavy atom. The number of rotatable bonds is 5. The Hall–Kier alpha value is -3.47. The van der Waals surface area contributed by atoms with Gasteiger partial charge in [-0.1, -0.05) is 36.4 Å². The molecule has 5 heteroatoms. The van der Waals surface area contributed by atoms with Gasteiger partial charge in [0.1, 0.15) is 17.4 Å². The van der Waals surface area contributed by atoms with Crippen LogP contribution in [0.3, 0.4) is 0 Å². The highest BCUT2D eigenvalue weighted by Crippen LogP contribution is 2.38. The first kappa shape index (κ1) is 22.3. The summed E-state index contributed by atoms with van der Waals surface area (Å²) in [5.74, 6) is -0.306. The Labute approximate surface area is 197 Å². The van der Waals surface area contributed by atoms with Crippen LogP contribution in [0.25, 0.3) is 10.8 Å². The minimum absolute atomic E-state index is 0.0261. The van der Waals surface area contributed by atoms with Crippen LogP contribution in [0.1, 0.15) is 53.9 Å².